The molecule has 1 unspecified atom stereocenters. The van der Waals surface area contributed by atoms with Crippen LogP contribution in [0.1, 0.15) is 24.0 Å². The van der Waals surface area contributed by atoms with E-state index in [1.165, 1.54) is 13.5 Å². The molecule has 1 aromatic rings. The lowest BCUT2D eigenvalue weighted by Crippen LogP contribution is -2.24. The van der Waals surface area contributed by atoms with Crippen LogP contribution in [-0.2, 0) is 17.8 Å². The molecular weight excluding hydrogens is 233 g/mol. The van der Waals surface area contributed by atoms with Gasteiger partial charge in [-0.25, -0.2) is 4.39 Å². The molecule has 0 saturated carbocycles. The molecule has 0 aromatic heterocycles. The SMILES string of the molecule is COCc1ccc(CC2CCCN2)c(OC)c1F. The van der Waals surface area contributed by atoms with E-state index in [-0.39, 0.29) is 12.4 Å². The minimum absolute atomic E-state index is 0.268. The third-order valence-corrected chi connectivity index (χ3v) is 3.39. The van der Waals surface area contributed by atoms with Crippen LogP contribution in [0.5, 0.6) is 5.75 Å². The van der Waals surface area contributed by atoms with Crippen LogP contribution in [-0.4, -0.2) is 26.8 Å². The standard InChI is InChI=1S/C14H20FNO2/c1-17-9-11-6-5-10(14(18-2)13(11)15)8-12-4-3-7-16-12/h5-6,12,16H,3-4,7-9H2,1-2H3. The molecule has 0 bridgehead atoms. The summed E-state index contributed by atoms with van der Waals surface area (Å²) >= 11 is 0. The maximum absolute atomic E-state index is 14.2. The van der Waals surface area contributed by atoms with Crippen molar-refractivity contribution in [3.8, 4) is 5.75 Å². The van der Waals surface area contributed by atoms with Crippen molar-refractivity contribution in [2.75, 3.05) is 20.8 Å². The topological polar surface area (TPSA) is 30.5 Å². The zero-order valence-corrected chi connectivity index (χ0v) is 11.0. The fourth-order valence-electron chi connectivity index (χ4n) is 2.48. The van der Waals surface area contributed by atoms with Gasteiger partial charge in [0.05, 0.1) is 13.7 Å². The second-order valence-electron chi connectivity index (χ2n) is 4.66. The minimum atomic E-state index is -0.296. The van der Waals surface area contributed by atoms with Gasteiger partial charge in [-0.05, 0) is 31.4 Å². The van der Waals surface area contributed by atoms with Crippen molar-refractivity contribution < 1.29 is 13.9 Å². The summed E-state index contributed by atoms with van der Waals surface area (Å²) in [5, 5.41) is 3.41. The summed E-state index contributed by atoms with van der Waals surface area (Å²) in [5.41, 5.74) is 1.46. The summed E-state index contributed by atoms with van der Waals surface area (Å²) in [7, 11) is 3.07. The fraction of sp³-hybridized carbons (Fsp3) is 0.571. The van der Waals surface area contributed by atoms with Gasteiger partial charge in [-0.2, -0.15) is 0 Å². The highest BCUT2D eigenvalue weighted by Crippen LogP contribution is 2.28. The molecule has 0 radical (unpaired) electrons. The van der Waals surface area contributed by atoms with Gasteiger partial charge in [-0.15, -0.1) is 0 Å². The molecule has 1 aliphatic rings. The Bertz CT molecular complexity index is 403. The van der Waals surface area contributed by atoms with Crippen LogP contribution in [0.25, 0.3) is 0 Å². The van der Waals surface area contributed by atoms with E-state index in [2.05, 4.69) is 5.32 Å². The molecule has 0 spiro atoms. The zero-order valence-electron chi connectivity index (χ0n) is 11.0. The largest absolute Gasteiger partial charge is 0.493 e. The molecule has 0 amide bonds. The number of hydrogen-bond donors (Lipinski definition) is 1. The Labute approximate surface area is 107 Å². The molecule has 0 aliphatic carbocycles. The summed E-state index contributed by atoms with van der Waals surface area (Å²) in [5.74, 6) is 0.0631. The molecule has 1 aliphatic heterocycles. The molecule has 18 heavy (non-hydrogen) atoms. The lowest BCUT2D eigenvalue weighted by Gasteiger charge is -2.15. The summed E-state index contributed by atoms with van der Waals surface area (Å²) in [6.45, 7) is 1.32. The number of rotatable bonds is 5. The maximum Gasteiger partial charge on any atom is 0.170 e. The Balaban J connectivity index is 2.21. The van der Waals surface area contributed by atoms with E-state index in [9.17, 15) is 4.39 Å². The minimum Gasteiger partial charge on any atom is -0.493 e. The molecule has 3 nitrogen and oxygen atoms in total. The van der Waals surface area contributed by atoms with Crippen LogP contribution in [0.2, 0.25) is 0 Å². The molecule has 1 saturated heterocycles. The van der Waals surface area contributed by atoms with Crippen LogP contribution in [0.15, 0.2) is 12.1 Å². The molecule has 1 aromatic carbocycles. The van der Waals surface area contributed by atoms with Crippen molar-refractivity contribution in [2.45, 2.75) is 31.9 Å². The highest BCUT2D eigenvalue weighted by Gasteiger charge is 2.19. The highest BCUT2D eigenvalue weighted by atomic mass is 19.1. The lowest BCUT2D eigenvalue weighted by molar-refractivity contribution is 0.180. The van der Waals surface area contributed by atoms with Gasteiger partial charge in [0.1, 0.15) is 0 Å². The highest BCUT2D eigenvalue weighted by molar-refractivity contribution is 5.40. The predicted octanol–water partition coefficient (Wildman–Crippen LogP) is 2.28. The van der Waals surface area contributed by atoms with Gasteiger partial charge in [0.2, 0.25) is 0 Å². The summed E-state index contributed by atoms with van der Waals surface area (Å²) in [6, 6.07) is 4.16. The van der Waals surface area contributed by atoms with Crippen molar-refractivity contribution in [3.05, 3.63) is 29.1 Å². The summed E-state index contributed by atoms with van der Waals surface area (Å²) in [4.78, 5) is 0. The Hall–Kier alpha value is -1.13. The van der Waals surface area contributed by atoms with E-state index < -0.39 is 0 Å². The summed E-state index contributed by atoms with van der Waals surface area (Å²) in [6.07, 6.45) is 3.15. The average molecular weight is 253 g/mol. The zero-order chi connectivity index (χ0) is 13.0. The molecule has 1 N–H and O–H groups in total. The first-order valence-corrected chi connectivity index (χ1v) is 6.32. The normalized spacial score (nSPS) is 19.2. The van der Waals surface area contributed by atoms with Crippen molar-refractivity contribution in [1.29, 1.82) is 0 Å². The van der Waals surface area contributed by atoms with Crippen LogP contribution in [0.3, 0.4) is 0 Å². The number of benzene rings is 1. The first kappa shape index (κ1) is 13.3. The second-order valence-corrected chi connectivity index (χ2v) is 4.66. The maximum atomic E-state index is 14.2. The van der Waals surface area contributed by atoms with Gasteiger partial charge >= 0.3 is 0 Å². The number of nitrogens with one attached hydrogen (secondary N) is 1. The molecule has 1 fully saturated rings. The third-order valence-electron chi connectivity index (χ3n) is 3.39. The predicted molar refractivity (Wildman–Crippen MR) is 68.4 cm³/mol. The summed E-state index contributed by atoms with van der Waals surface area (Å²) < 4.78 is 24.4. The van der Waals surface area contributed by atoms with Gasteiger partial charge in [-0.1, -0.05) is 12.1 Å². The lowest BCUT2D eigenvalue weighted by atomic mass is 10.0. The first-order valence-electron chi connectivity index (χ1n) is 6.32. The Kier molecular flexibility index (Phi) is 4.55. The van der Waals surface area contributed by atoms with E-state index in [1.807, 2.05) is 6.07 Å². The molecule has 1 atom stereocenters. The van der Waals surface area contributed by atoms with E-state index in [0.717, 1.165) is 24.9 Å². The molecular formula is C14H20FNO2. The molecule has 1 heterocycles. The molecule has 2 rings (SSSR count). The van der Waals surface area contributed by atoms with E-state index in [1.54, 1.807) is 13.2 Å². The molecule has 4 heteroatoms. The Morgan fingerprint density at radius 1 is 1.33 bits per heavy atom. The fourth-order valence-corrected chi connectivity index (χ4v) is 2.48. The van der Waals surface area contributed by atoms with Crippen molar-refractivity contribution in [1.82, 2.24) is 5.32 Å². The van der Waals surface area contributed by atoms with E-state index >= 15 is 0 Å². The van der Waals surface area contributed by atoms with Gasteiger partial charge in [0.15, 0.2) is 11.6 Å². The third kappa shape index (κ3) is 2.82. The number of hydrogen-bond acceptors (Lipinski definition) is 3. The van der Waals surface area contributed by atoms with Crippen LogP contribution >= 0.6 is 0 Å². The van der Waals surface area contributed by atoms with Gasteiger partial charge in [0, 0.05) is 18.7 Å². The number of halogens is 1. The second kappa shape index (κ2) is 6.16. The smallest absolute Gasteiger partial charge is 0.170 e. The van der Waals surface area contributed by atoms with E-state index in [4.69, 9.17) is 9.47 Å². The van der Waals surface area contributed by atoms with Crippen molar-refractivity contribution in [2.24, 2.45) is 0 Å². The number of ether oxygens (including phenoxy) is 2. The quantitative estimate of drug-likeness (QED) is 0.873. The van der Waals surface area contributed by atoms with Gasteiger partial charge in [0.25, 0.3) is 0 Å². The molecule has 100 valence electrons. The van der Waals surface area contributed by atoms with Crippen LogP contribution in [0, 0.1) is 5.82 Å². The van der Waals surface area contributed by atoms with Gasteiger partial charge < -0.3 is 14.8 Å². The number of methoxy groups -OCH3 is 2. The van der Waals surface area contributed by atoms with E-state index in [0.29, 0.717) is 17.4 Å². The monoisotopic (exact) mass is 253 g/mol. The Morgan fingerprint density at radius 2 is 2.11 bits per heavy atom. The van der Waals surface area contributed by atoms with Crippen LogP contribution < -0.4 is 10.1 Å². The van der Waals surface area contributed by atoms with Crippen molar-refractivity contribution in [3.63, 3.8) is 0 Å². The van der Waals surface area contributed by atoms with Crippen LogP contribution in [0.4, 0.5) is 4.39 Å². The van der Waals surface area contributed by atoms with Gasteiger partial charge in [-0.3, -0.25) is 0 Å². The average Bonchev–Trinajstić information content (AvgIpc) is 2.86. The first-order chi connectivity index (χ1) is 8.76. The van der Waals surface area contributed by atoms with Crippen molar-refractivity contribution >= 4 is 0 Å². The Morgan fingerprint density at radius 3 is 2.72 bits per heavy atom.